The van der Waals surface area contributed by atoms with Gasteiger partial charge in [0.05, 0.1) is 10.7 Å². The lowest BCUT2D eigenvalue weighted by atomic mass is 10.0. The number of nitrogen functional groups attached to an aromatic ring is 1. The molecule has 0 aliphatic carbocycles. The molecule has 0 saturated heterocycles. The van der Waals surface area contributed by atoms with Gasteiger partial charge in [0.25, 0.3) is 0 Å². The Morgan fingerprint density at radius 3 is 2.50 bits per heavy atom. The molecule has 0 heterocycles. The lowest BCUT2D eigenvalue weighted by Crippen LogP contribution is -1.92. The number of halogens is 1. The Labute approximate surface area is 88.5 Å². The molecule has 2 aromatic carbocycles. The highest BCUT2D eigenvalue weighted by atomic mass is 35.5. The fourth-order valence-corrected chi connectivity index (χ4v) is 1.95. The summed E-state index contributed by atoms with van der Waals surface area (Å²) in [7, 11) is 0. The van der Waals surface area contributed by atoms with Crippen LogP contribution in [-0.4, -0.2) is 0 Å². The Morgan fingerprint density at radius 2 is 1.86 bits per heavy atom. The van der Waals surface area contributed by atoms with Crippen molar-refractivity contribution in [3.63, 3.8) is 0 Å². The highest BCUT2D eigenvalue weighted by Gasteiger charge is 2.06. The minimum absolute atomic E-state index is 0.665. The van der Waals surface area contributed by atoms with Gasteiger partial charge in [-0.05, 0) is 23.4 Å². The summed E-state index contributed by atoms with van der Waals surface area (Å²) < 4.78 is 0. The van der Waals surface area contributed by atoms with Gasteiger partial charge < -0.3 is 5.73 Å². The van der Waals surface area contributed by atoms with Gasteiger partial charge in [0.15, 0.2) is 0 Å². The minimum Gasteiger partial charge on any atom is -0.397 e. The van der Waals surface area contributed by atoms with Crippen molar-refractivity contribution < 1.29 is 0 Å². The number of rotatable bonds is 1. The van der Waals surface area contributed by atoms with E-state index in [9.17, 15) is 0 Å². The summed E-state index contributed by atoms with van der Waals surface area (Å²) in [6.07, 6.45) is 0.974. The Bertz CT molecular complexity index is 477. The van der Waals surface area contributed by atoms with Crippen LogP contribution in [0.15, 0.2) is 30.3 Å². The predicted octanol–water partition coefficient (Wildman–Crippen LogP) is 3.64. The fourth-order valence-electron chi connectivity index (χ4n) is 1.73. The smallest absolute Gasteiger partial charge is 0.0713 e. The lowest BCUT2D eigenvalue weighted by molar-refractivity contribution is 1.16. The molecule has 0 unspecified atom stereocenters. The Morgan fingerprint density at radius 1 is 1.21 bits per heavy atom. The topological polar surface area (TPSA) is 26.0 Å². The maximum Gasteiger partial charge on any atom is 0.0713 e. The summed E-state index contributed by atoms with van der Waals surface area (Å²) in [6.45, 7) is 2.12. The van der Waals surface area contributed by atoms with E-state index in [0.717, 1.165) is 11.8 Å². The third kappa shape index (κ3) is 1.34. The van der Waals surface area contributed by atoms with Gasteiger partial charge in [-0.1, -0.05) is 42.8 Å². The van der Waals surface area contributed by atoms with Gasteiger partial charge >= 0.3 is 0 Å². The van der Waals surface area contributed by atoms with Crippen LogP contribution in [0.1, 0.15) is 12.5 Å². The van der Waals surface area contributed by atoms with Crippen molar-refractivity contribution in [3.8, 4) is 0 Å². The molecule has 2 heteroatoms. The van der Waals surface area contributed by atoms with Crippen LogP contribution >= 0.6 is 11.6 Å². The van der Waals surface area contributed by atoms with Crippen LogP contribution in [0.5, 0.6) is 0 Å². The molecule has 0 bridgehead atoms. The van der Waals surface area contributed by atoms with Crippen molar-refractivity contribution in [2.75, 3.05) is 5.73 Å². The molecule has 2 N–H and O–H groups in total. The van der Waals surface area contributed by atoms with E-state index < -0.39 is 0 Å². The van der Waals surface area contributed by atoms with E-state index in [1.165, 1.54) is 10.9 Å². The standard InChI is InChI=1S/C12H12ClN/c1-2-8-7-11(14)12(13)10-6-4-3-5-9(8)10/h3-7H,2,14H2,1H3. The van der Waals surface area contributed by atoms with E-state index in [0.29, 0.717) is 10.7 Å². The van der Waals surface area contributed by atoms with Gasteiger partial charge in [-0.3, -0.25) is 0 Å². The Balaban J connectivity index is 2.89. The first-order chi connectivity index (χ1) is 6.74. The average molecular weight is 206 g/mol. The van der Waals surface area contributed by atoms with Crippen molar-refractivity contribution in [3.05, 3.63) is 40.9 Å². The van der Waals surface area contributed by atoms with Crippen molar-refractivity contribution in [1.82, 2.24) is 0 Å². The first kappa shape index (κ1) is 9.35. The molecular formula is C12H12ClN. The normalized spacial score (nSPS) is 10.7. The first-order valence-electron chi connectivity index (χ1n) is 4.69. The number of aryl methyl sites for hydroxylation is 1. The summed E-state index contributed by atoms with van der Waals surface area (Å²) in [6, 6.07) is 10.1. The number of hydrogen-bond acceptors (Lipinski definition) is 1. The van der Waals surface area contributed by atoms with E-state index in [-0.39, 0.29) is 0 Å². The van der Waals surface area contributed by atoms with Crippen LogP contribution < -0.4 is 5.73 Å². The van der Waals surface area contributed by atoms with Gasteiger partial charge in [0.1, 0.15) is 0 Å². The molecule has 0 spiro atoms. The zero-order chi connectivity index (χ0) is 10.1. The van der Waals surface area contributed by atoms with Gasteiger partial charge in [0, 0.05) is 5.39 Å². The monoisotopic (exact) mass is 205 g/mol. The SMILES string of the molecule is CCc1cc(N)c(Cl)c2ccccc12. The highest BCUT2D eigenvalue weighted by molar-refractivity contribution is 6.38. The molecule has 0 aromatic heterocycles. The summed E-state index contributed by atoms with van der Waals surface area (Å²) in [4.78, 5) is 0. The maximum atomic E-state index is 6.13. The zero-order valence-corrected chi connectivity index (χ0v) is 8.81. The van der Waals surface area contributed by atoms with Crippen LogP contribution in [0.3, 0.4) is 0 Å². The molecule has 0 aliphatic rings. The third-order valence-electron chi connectivity index (χ3n) is 2.47. The van der Waals surface area contributed by atoms with E-state index in [2.05, 4.69) is 13.0 Å². The molecule has 0 amide bonds. The number of hydrogen-bond donors (Lipinski definition) is 1. The lowest BCUT2D eigenvalue weighted by Gasteiger charge is -2.08. The van der Waals surface area contributed by atoms with Gasteiger partial charge in [0.2, 0.25) is 0 Å². The van der Waals surface area contributed by atoms with E-state index in [1.807, 2.05) is 24.3 Å². The molecule has 0 radical (unpaired) electrons. The van der Waals surface area contributed by atoms with Crippen molar-refractivity contribution >= 4 is 28.1 Å². The molecule has 0 aliphatic heterocycles. The largest absolute Gasteiger partial charge is 0.397 e. The molecule has 0 saturated carbocycles. The number of anilines is 1. The van der Waals surface area contributed by atoms with Gasteiger partial charge in [-0.2, -0.15) is 0 Å². The quantitative estimate of drug-likeness (QED) is 0.707. The summed E-state index contributed by atoms with van der Waals surface area (Å²) in [5, 5.41) is 2.91. The zero-order valence-electron chi connectivity index (χ0n) is 8.05. The number of benzene rings is 2. The van der Waals surface area contributed by atoms with Gasteiger partial charge in [-0.25, -0.2) is 0 Å². The van der Waals surface area contributed by atoms with Crippen molar-refractivity contribution in [1.29, 1.82) is 0 Å². The van der Waals surface area contributed by atoms with Crippen molar-refractivity contribution in [2.45, 2.75) is 13.3 Å². The molecule has 14 heavy (non-hydrogen) atoms. The van der Waals surface area contributed by atoms with Crippen LogP contribution in [0.25, 0.3) is 10.8 Å². The molecule has 0 fully saturated rings. The molecule has 72 valence electrons. The van der Waals surface area contributed by atoms with Crippen LogP contribution in [0.2, 0.25) is 5.02 Å². The second kappa shape index (κ2) is 3.50. The molecule has 1 nitrogen and oxygen atoms in total. The van der Waals surface area contributed by atoms with E-state index in [4.69, 9.17) is 17.3 Å². The number of nitrogens with two attached hydrogens (primary N) is 1. The average Bonchev–Trinajstić information content (AvgIpc) is 2.23. The second-order valence-corrected chi connectivity index (χ2v) is 3.72. The van der Waals surface area contributed by atoms with Crippen molar-refractivity contribution in [2.24, 2.45) is 0 Å². The van der Waals surface area contributed by atoms with Crippen LogP contribution in [-0.2, 0) is 6.42 Å². The summed E-state index contributed by atoms with van der Waals surface area (Å²) in [5.41, 5.74) is 7.75. The minimum atomic E-state index is 0.665. The van der Waals surface area contributed by atoms with Gasteiger partial charge in [-0.15, -0.1) is 0 Å². The molecule has 2 aromatic rings. The number of fused-ring (bicyclic) bond motifs is 1. The van der Waals surface area contributed by atoms with E-state index >= 15 is 0 Å². The summed E-state index contributed by atoms with van der Waals surface area (Å²) >= 11 is 6.13. The van der Waals surface area contributed by atoms with Crippen LogP contribution in [0, 0.1) is 0 Å². The third-order valence-corrected chi connectivity index (χ3v) is 2.90. The fraction of sp³-hybridized carbons (Fsp3) is 0.167. The first-order valence-corrected chi connectivity index (χ1v) is 5.07. The Kier molecular flexibility index (Phi) is 2.34. The van der Waals surface area contributed by atoms with E-state index in [1.54, 1.807) is 0 Å². The molecule has 0 atom stereocenters. The van der Waals surface area contributed by atoms with Crippen LogP contribution in [0.4, 0.5) is 5.69 Å². The molecular weight excluding hydrogens is 194 g/mol. The summed E-state index contributed by atoms with van der Waals surface area (Å²) in [5.74, 6) is 0. The maximum absolute atomic E-state index is 6.13. The predicted molar refractivity (Wildman–Crippen MR) is 62.7 cm³/mol. The highest BCUT2D eigenvalue weighted by Crippen LogP contribution is 2.31. The molecule has 2 rings (SSSR count). The second-order valence-electron chi connectivity index (χ2n) is 3.34. The Hall–Kier alpha value is -1.21.